The average molecular weight is 118 g/mol. The molecule has 2 rings (SSSR count). The lowest BCUT2D eigenvalue weighted by Gasteiger charge is -2.18. The minimum atomic E-state index is 1.30. The van der Waals surface area contributed by atoms with E-state index in [0.717, 1.165) is 0 Å². The fourth-order valence-corrected chi connectivity index (χ4v) is 1.32. The second-order valence-electron chi connectivity index (χ2n) is 2.77. The molecule has 0 saturated carbocycles. The molecule has 0 atom stereocenters. The van der Waals surface area contributed by atoms with Gasteiger partial charge in [-0.15, -0.1) is 0 Å². The Morgan fingerprint density at radius 3 is 2.33 bits per heavy atom. The van der Waals surface area contributed by atoms with Gasteiger partial charge in [-0.05, 0) is 30.9 Å². The molecule has 0 aromatic heterocycles. The molecule has 0 saturated heterocycles. The smallest absolute Gasteiger partial charge is 0.0235 e. The van der Waals surface area contributed by atoms with Crippen molar-refractivity contribution in [3.63, 3.8) is 0 Å². The van der Waals surface area contributed by atoms with Crippen molar-refractivity contribution in [2.45, 2.75) is 19.8 Å². The predicted molar refractivity (Wildman–Crippen MR) is 38.6 cm³/mol. The molecule has 0 bridgehead atoms. The van der Waals surface area contributed by atoms with E-state index in [1.165, 1.54) is 18.4 Å². The van der Waals surface area contributed by atoms with Gasteiger partial charge in [0.15, 0.2) is 0 Å². The SMILES string of the molecule is Cc1ccc2c(c1)CC2. The molecule has 0 spiro atoms. The number of hydrogen-bond donors (Lipinski definition) is 0. The van der Waals surface area contributed by atoms with Crippen molar-refractivity contribution >= 4 is 0 Å². The van der Waals surface area contributed by atoms with Gasteiger partial charge in [-0.3, -0.25) is 0 Å². The number of rotatable bonds is 0. The topological polar surface area (TPSA) is 0 Å². The molecule has 0 amide bonds. The van der Waals surface area contributed by atoms with E-state index in [1.54, 1.807) is 11.1 Å². The van der Waals surface area contributed by atoms with Gasteiger partial charge in [0.05, 0.1) is 0 Å². The minimum Gasteiger partial charge on any atom is -0.0590 e. The van der Waals surface area contributed by atoms with E-state index in [0.29, 0.717) is 0 Å². The zero-order valence-corrected chi connectivity index (χ0v) is 5.65. The van der Waals surface area contributed by atoms with Crippen LogP contribution in [0.25, 0.3) is 0 Å². The molecule has 0 heterocycles. The van der Waals surface area contributed by atoms with Crippen LogP contribution in [-0.4, -0.2) is 0 Å². The summed E-state index contributed by atoms with van der Waals surface area (Å²) >= 11 is 0. The second kappa shape index (κ2) is 1.60. The summed E-state index contributed by atoms with van der Waals surface area (Å²) in [6, 6.07) is 6.73. The van der Waals surface area contributed by atoms with Gasteiger partial charge in [0, 0.05) is 0 Å². The molecule has 0 aliphatic heterocycles. The molecule has 0 unspecified atom stereocenters. The van der Waals surface area contributed by atoms with Gasteiger partial charge in [-0.25, -0.2) is 0 Å². The van der Waals surface area contributed by atoms with E-state index >= 15 is 0 Å². The first-order valence-electron chi connectivity index (χ1n) is 3.45. The molecule has 0 heteroatoms. The molecular weight excluding hydrogens is 108 g/mol. The molecule has 1 aromatic rings. The van der Waals surface area contributed by atoms with Gasteiger partial charge < -0.3 is 0 Å². The monoisotopic (exact) mass is 118 g/mol. The lowest BCUT2D eigenvalue weighted by Crippen LogP contribution is -2.07. The van der Waals surface area contributed by atoms with E-state index in [4.69, 9.17) is 0 Å². The lowest BCUT2D eigenvalue weighted by atomic mass is 9.88. The summed E-state index contributed by atoms with van der Waals surface area (Å²) in [5, 5.41) is 0. The number of benzene rings is 1. The van der Waals surface area contributed by atoms with Crippen LogP contribution >= 0.6 is 0 Å². The zero-order chi connectivity index (χ0) is 6.27. The second-order valence-corrected chi connectivity index (χ2v) is 2.77. The van der Waals surface area contributed by atoms with Crippen molar-refractivity contribution < 1.29 is 0 Å². The Morgan fingerprint density at radius 2 is 1.89 bits per heavy atom. The van der Waals surface area contributed by atoms with Crippen molar-refractivity contribution in [3.8, 4) is 0 Å². The fourth-order valence-electron chi connectivity index (χ4n) is 1.32. The van der Waals surface area contributed by atoms with E-state index < -0.39 is 0 Å². The molecule has 1 aliphatic carbocycles. The summed E-state index contributed by atoms with van der Waals surface area (Å²) in [6.45, 7) is 2.15. The van der Waals surface area contributed by atoms with Crippen LogP contribution in [-0.2, 0) is 12.8 Å². The summed E-state index contributed by atoms with van der Waals surface area (Å²) in [7, 11) is 0. The van der Waals surface area contributed by atoms with Crippen LogP contribution in [0, 0.1) is 6.92 Å². The Kier molecular flexibility index (Phi) is 0.895. The van der Waals surface area contributed by atoms with Crippen molar-refractivity contribution in [1.82, 2.24) is 0 Å². The average Bonchev–Trinajstić information content (AvgIpc) is 1.78. The molecule has 1 aromatic carbocycles. The van der Waals surface area contributed by atoms with Crippen LogP contribution in [0.2, 0.25) is 0 Å². The van der Waals surface area contributed by atoms with Crippen LogP contribution in [0.15, 0.2) is 18.2 Å². The minimum absolute atomic E-state index is 1.30. The summed E-state index contributed by atoms with van der Waals surface area (Å²) in [4.78, 5) is 0. The Balaban J connectivity index is 2.57. The Morgan fingerprint density at radius 1 is 1.11 bits per heavy atom. The van der Waals surface area contributed by atoms with Gasteiger partial charge in [0.2, 0.25) is 0 Å². The van der Waals surface area contributed by atoms with Crippen molar-refractivity contribution in [2.24, 2.45) is 0 Å². The van der Waals surface area contributed by atoms with Crippen molar-refractivity contribution in [1.29, 1.82) is 0 Å². The van der Waals surface area contributed by atoms with Gasteiger partial charge in [0.25, 0.3) is 0 Å². The Hall–Kier alpha value is -0.780. The van der Waals surface area contributed by atoms with Gasteiger partial charge in [0.1, 0.15) is 0 Å². The molecule has 0 fully saturated rings. The number of hydrogen-bond acceptors (Lipinski definition) is 0. The van der Waals surface area contributed by atoms with Gasteiger partial charge >= 0.3 is 0 Å². The van der Waals surface area contributed by atoms with Gasteiger partial charge in [-0.2, -0.15) is 0 Å². The maximum Gasteiger partial charge on any atom is -0.0235 e. The summed E-state index contributed by atoms with van der Waals surface area (Å²) in [5.74, 6) is 0. The highest BCUT2D eigenvalue weighted by molar-refractivity contribution is 5.37. The van der Waals surface area contributed by atoms with Crippen molar-refractivity contribution in [3.05, 3.63) is 34.9 Å². The quantitative estimate of drug-likeness (QED) is 0.489. The van der Waals surface area contributed by atoms with Crippen LogP contribution in [0.5, 0.6) is 0 Å². The highest BCUT2D eigenvalue weighted by atomic mass is 14.2. The molecule has 46 valence electrons. The first kappa shape index (κ1) is 5.04. The molecular formula is C9H10. The molecule has 1 aliphatic rings. The van der Waals surface area contributed by atoms with Crippen LogP contribution in [0.3, 0.4) is 0 Å². The number of aryl methyl sites for hydroxylation is 3. The molecule has 9 heavy (non-hydrogen) atoms. The maximum absolute atomic E-state index is 2.29. The summed E-state index contributed by atoms with van der Waals surface area (Å²) in [6.07, 6.45) is 2.60. The molecule has 0 nitrogen and oxygen atoms in total. The lowest BCUT2D eigenvalue weighted by molar-refractivity contribution is 0.837. The van der Waals surface area contributed by atoms with Crippen LogP contribution < -0.4 is 0 Å². The predicted octanol–water partition coefficient (Wildman–Crippen LogP) is 2.09. The highest BCUT2D eigenvalue weighted by Gasteiger charge is 2.10. The molecule has 0 N–H and O–H groups in total. The van der Waals surface area contributed by atoms with Crippen molar-refractivity contribution in [2.75, 3.05) is 0 Å². The van der Waals surface area contributed by atoms with E-state index in [1.807, 2.05) is 0 Å². The maximum atomic E-state index is 2.29. The third-order valence-corrected chi connectivity index (χ3v) is 2.03. The summed E-state index contributed by atoms with van der Waals surface area (Å²) in [5.41, 5.74) is 4.52. The highest BCUT2D eigenvalue weighted by Crippen LogP contribution is 2.22. The van der Waals surface area contributed by atoms with Crippen LogP contribution in [0.4, 0.5) is 0 Å². The molecule has 0 radical (unpaired) electrons. The first-order valence-corrected chi connectivity index (χ1v) is 3.45. The van der Waals surface area contributed by atoms with Gasteiger partial charge in [-0.1, -0.05) is 23.8 Å². The van der Waals surface area contributed by atoms with Crippen LogP contribution in [0.1, 0.15) is 16.7 Å². The first-order chi connectivity index (χ1) is 4.36. The van der Waals surface area contributed by atoms with E-state index in [9.17, 15) is 0 Å². The fraction of sp³-hybridized carbons (Fsp3) is 0.333. The Bertz CT molecular complexity index is 236. The number of fused-ring (bicyclic) bond motifs is 1. The largest absolute Gasteiger partial charge is 0.0590 e. The Labute approximate surface area is 55.5 Å². The van der Waals surface area contributed by atoms with E-state index in [2.05, 4.69) is 25.1 Å². The third-order valence-electron chi connectivity index (χ3n) is 2.03. The van der Waals surface area contributed by atoms with E-state index in [-0.39, 0.29) is 0 Å². The standard InChI is InChI=1S/C9H10/c1-7-2-3-8-4-5-9(8)6-7/h2-3,6H,4-5H2,1H3. The zero-order valence-electron chi connectivity index (χ0n) is 5.65. The third kappa shape index (κ3) is 0.663. The normalized spacial score (nSPS) is 14.3. The summed E-state index contributed by atoms with van der Waals surface area (Å²) < 4.78 is 0.